The van der Waals surface area contributed by atoms with Crippen LogP contribution < -0.4 is 9.80 Å². The summed E-state index contributed by atoms with van der Waals surface area (Å²) >= 11 is 0. The first-order valence-electron chi connectivity index (χ1n) is 11.2. The molecular formula is C23H29N3O3. The molecule has 154 valence electrons. The van der Waals surface area contributed by atoms with Crippen molar-refractivity contribution in [3.05, 3.63) is 23.8 Å². The van der Waals surface area contributed by atoms with E-state index in [4.69, 9.17) is 0 Å². The number of benzene rings is 1. The number of nitrogens with zero attached hydrogens (tertiary/aromatic N) is 3. The minimum Gasteiger partial charge on any atom is -0.342 e. The molecule has 3 fully saturated rings. The molecule has 1 aliphatic carbocycles. The summed E-state index contributed by atoms with van der Waals surface area (Å²) in [5.74, 6) is 0.389. The van der Waals surface area contributed by atoms with Gasteiger partial charge in [0.2, 0.25) is 17.7 Å². The molecule has 2 saturated heterocycles. The molecule has 0 N–H and O–H groups in total. The summed E-state index contributed by atoms with van der Waals surface area (Å²) in [6.45, 7) is 2.86. The molecule has 0 spiro atoms. The Bertz CT molecular complexity index is 842. The van der Waals surface area contributed by atoms with E-state index >= 15 is 0 Å². The summed E-state index contributed by atoms with van der Waals surface area (Å²) in [5.41, 5.74) is 2.99. The lowest BCUT2D eigenvalue weighted by Crippen LogP contribution is -2.40. The molecule has 3 aliphatic heterocycles. The predicted octanol–water partition coefficient (Wildman–Crippen LogP) is 2.74. The van der Waals surface area contributed by atoms with E-state index in [1.54, 1.807) is 4.90 Å². The summed E-state index contributed by atoms with van der Waals surface area (Å²) in [7, 11) is 0. The molecule has 5 rings (SSSR count). The SMILES string of the molecule is O=C([C@H]1CC(=O)N(c2ccc3c(c2)CCN3C(=O)C2CCC2)C1)N1CCCCC1. The third kappa shape index (κ3) is 3.32. The summed E-state index contributed by atoms with van der Waals surface area (Å²) in [6, 6.07) is 5.98. The van der Waals surface area contributed by atoms with E-state index in [9.17, 15) is 14.4 Å². The van der Waals surface area contributed by atoms with Crippen molar-refractivity contribution in [2.45, 2.75) is 51.4 Å². The van der Waals surface area contributed by atoms with Crippen molar-refractivity contribution in [3.63, 3.8) is 0 Å². The van der Waals surface area contributed by atoms with Crippen LogP contribution in [0.3, 0.4) is 0 Å². The van der Waals surface area contributed by atoms with Crippen LogP contribution in [-0.2, 0) is 20.8 Å². The highest BCUT2D eigenvalue weighted by Crippen LogP contribution is 2.37. The molecule has 0 unspecified atom stereocenters. The Balaban J connectivity index is 1.29. The van der Waals surface area contributed by atoms with E-state index < -0.39 is 0 Å². The Kier molecular flexibility index (Phi) is 4.80. The number of amides is 3. The maximum atomic E-state index is 12.8. The molecular weight excluding hydrogens is 366 g/mol. The highest BCUT2D eigenvalue weighted by molar-refractivity contribution is 6.01. The first kappa shape index (κ1) is 18.6. The predicted molar refractivity (Wildman–Crippen MR) is 111 cm³/mol. The van der Waals surface area contributed by atoms with Crippen molar-refractivity contribution in [1.29, 1.82) is 0 Å². The van der Waals surface area contributed by atoms with Crippen LogP contribution in [0.2, 0.25) is 0 Å². The molecule has 29 heavy (non-hydrogen) atoms. The van der Waals surface area contributed by atoms with Crippen LogP contribution in [0.15, 0.2) is 18.2 Å². The highest BCUT2D eigenvalue weighted by atomic mass is 16.2. The average Bonchev–Trinajstić information content (AvgIpc) is 3.29. The Morgan fingerprint density at radius 2 is 1.69 bits per heavy atom. The number of fused-ring (bicyclic) bond motifs is 1. The maximum absolute atomic E-state index is 12.8. The lowest BCUT2D eigenvalue weighted by molar-refractivity contribution is -0.136. The zero-order valence-corrected chi connectivity index (χ0v) is 16.9. The van der Waals surface area contributed by atoms with Crippen LogP contribution in [0.5, 0.6) is 0 Å². The molecule has 6 heteroatoms. The van der Waals surface area contributed by atoms with Crippen LogP contribution in [0.4, 0.5) is 11.4 Å². The number of anilines is 2. The summed E-state index contributed by atoms with van der Waals surface area (Å²) in [5, 5.41) is 0. The number of hydrogen-bond donors (Lipinski definition) is 0. The third-order valence-corrected chi connectivity index (χ3v) is 7.13. The molecule has 1 atom stereocenters. The van der Waals surface area contributed by atoms with E-state index in [0.29, 0.717) is 13.0 Å². The fraction of sp³-hybridized carbons (Fsp3) is 0.609. The number of likely N-dealkylation sites (tertiary alicyclic amines) is 1. The van der Waals surface area contributed by atoms with Gasteiger partial charge in [-0.2, -0.15) is 0 Å². The van der Waals surface area contributed by atoms with Crippen LogP contribution in [-0.4, -0.2) is 48.8 Å². The first-order chi connectivity index (χ1) is 14.1. The molecule has 0 aromatic heterocycles. The minimum atomic E-state index is -0.231. The fourth-order valence-corrected chi connectivity index (χ4v) is 5.16. The van der Waals surface area contributed by atoms with Crippen molar-refractivity contribution in [2.75, 3.05) is 36.0 Å². The largest absolute Gasteiger partial charge is 0.342 e. The van der Waals surface area contributed by atoms with Crippen LogP contribution in [0.1, 0.15) is 50.5 Å². The Morgan fingerprint density at radius 3 is 2.41 bits per heavy atom. The molecule has 1 aromatic rings. The zero-order chi connectivity index (χ0) is 20.0. The molecule has 3 amide bonds. The normalized spacial score (nSPS) is 24.6. The Hall–Kier alpha value is -2.37. The van der Waals surface area contributed by atoms with Crippen molar-refractivity contribution >= 4 is 29.1 Å². The van der Waals surface area contributed by atoms with E-state index in [1.165, 1.54) is 6.42 Å². The molecule has 0 radical (unpaired) electrons. The van der Waals surface area contributed by atoms with Gasteiger partial charge in [0.15, 0.2) is 0 Å². The number of carbonyl (C=O) groups excluding carboxylic acids is 3. The van der Waals surface area contributed by atoms with Gasteiger partial charge in [0, 0.05) is 49.9 Å². The van der Waals surface area contributed by atoms with Gasteiger partial charge in [0.25, 0.3) is 0 Å². The highest BCUT2D eigenvalue weighted by Gasteiger charge is 2.38. The van der Waals surface area contributed by atoms with E-state index in [0.717, 1.165) is 75.1 Å². The number of hydrogen-bond acceptors (Lipinski definition) is 3. The van der Waals surface area contributed by atoms with Gasteiger partial charge in [-0.1, -0.05) is 6.42 Å². The van der Waals surface area contributed by atoms with Gasteiger partial charge in [-0.15, -0.1) is 0 Å². The summed E-state index contributed by atoms with van der Waals surface area (Å²) < 4.78 is 0. The van der Waals surface area contributed by atoms with Gasteiger partial charge in [-0.25, -0.2) is 0 Å². The van der Waals surface area contributed by atoms with E-state index in [1.807, 2.05) is 21.9 Å². The molecule has 4 aliphatic rings. The van der Waals surface area contributed by atoms with Crippen molar-refractivity contribution in [3.8, 4) is 0 Å². The quantitative estimate of drug-likeness (QED) is 0.791. The van der Waals surface area contributed by atoms with Crippen molar-refractivity contribution in [2.24, 2.45) is 11.8 Å². The second kappa shape index (κ2) is 7.47. The molecule has 0 bridgehead atoms. The van der Waals surface area contributed by atoms with E-state index in [-0.39, 0.29) is 29.6 Å². The topological polar surface area (TPSA) is 60.9 Å². The van der Waals surface area contributed by atoms with Gasteiger partial charge in [-0.05, 0) is 62.3 Å². The molecule has 3 heterocycles. The second-order valence-electron chi connectivity index (χ2n) is 8.97. The van der Waals surface area contributed by atoms with Crippen molar-refractivity contribution in [1.82, 2.24) is 4.90 Å². The van der Waals surface area contributed by atoms with Crippen LogP contribution in [0.25, 0.3) is 0 Å². The molecule has 1 saturated carbocycles. The van der Waals surface area contributed by atoms with Crippen molar-refractivity contribution < 1.29 is 14.4 Å². The van der Waals surface area contributed by atoms with Crippen LogP contribution in [0, 0.1) is 11.8 Å². The molecule has 1 aromatic carbocycles. The minimum absolute atomic E-state index is 0.0284. The first-order valence-corrected chi connectivity index (χ1v) is 11.2. The molecule has 6 nitrogen and oxygen atoms in total. The van der Waals surface area contributed by atoms with Gasteiger partial charge in [-0.3, -0.25) is 14.4 Å². The lowest BCUT2D eigenvalue weighted by Gasteiger charge is -2.29. The number of rotatable bonds is 3. The Labute approximate surface area is 171 Å². The second-order valence-corrected chi connectivity index (χ2v) is 8.97. The monoisotopic (exact) mass is 395 g/mol. The number of piperidine rings is 1. The van der Waals surface area contributed by atoms with Crippen LogP contribution >= 0.6 is 0 Å². The maximum Gasteiger partial charge on any atom is 0.230 e. The number of carbonyl (C=O) groups is 3. The third-order valence-electron chi connectivity index (χ3n) is 7.13. The van der Waals surface area contributed by atoms with Gasteiger partial charge in [0.1, 0.15) is 0 Å². The zero-order valence-electron chi connectivity index (χ0n) is 16.9. The van der Waals surface area contributed by atoms with Gasteiger partial charge < -0.3 is 14.7 Å². The fourth-order valence-electron chi connectivity index (χ4n) is 5.16. The van der Waals surface area contributed by atoms with Gasteiger partial charge >= 0.3 is 0 Å². The Morgan fingerprint density at radius 1 is 0.897 bits per heavy atom. The summed E-state index contributed by atoms with van der Waals surface area (Å²) in [6.07, 6.45) is 7.64. The standard InChI is InChI=1S/C23H29N3O3/c27-21-14-18(22(28)24-10-2-1-3-11-24)15-26(21)19-7-8-20-17(13-19)9-12-25(20)23(29)16-5-4-6-16/h7-8,13,16,18H,1-6,9-12,14-15H2/t18-/m0/s1. The summed E-state index contributed by atoms with van der Waals surface area (Å²) in [4.78, 5) is 43.8. The van der Waals surface area contributed by atoms with Gasteiger partial charge in [0.05, 0.1) is 5.92 Å². The smallest absolute Gasteiger partial charge is 0.230 e. The van der Waals surface area contributed by atoms with E-state index in [2.05, 4.69) is 6.07 Å². The lowest BCUT2D eigenvalue weighted by atomic mass is 9.84. The average molecular weight is 396 g/mol.